The standard InChI is InChI=1S/C19H29N3O2S/c1-19(2,3)20-16(23)14-21(4)18(24)17(15-8-6-5-7-9-15)22-10-12-25-13-11-22/h5-9,17H,10-14H2,1-4H3,(H,20,23). The summed E-state index contributed by atoms with van der Waals surface area (Å²) in [5, 5.41) is 2.91. The number of hydrogen-bond donors (Lipinski definition) is 1. The van der Waals surface area contributed by atoms with Gasteiger partial charge >= 0.3 is 0 Å². The maximum absolute atomic E-state index is 13.1. The van der Waals surface area contributed by atoms with Crippen LogP contribution in [-0.2, 0) is 9.59 Å². The maximum Gasteiger partial charge on any atom is 0.244 e. The average Bonchev–Trinajstić information content (AvgIpc) is 2.55. The van der Waals surface area contributed by atoms with Crippen LogP contribution < -0.4 is 5.32 Å². The molecule has 0 aliphatic carbocycles. The van der Waals surface area contributed by atoms with Crippen molar-refractivity contribution in [3.05, 3.63) is 35.9 Å². The molecule has 1 saturated heterocycles. The quantitative estimate of drug-likeness (QED) is 0.871. The molecule has 1 aromatic carbocycles. The normalized spacial score (nSPS) is 17.0. The van der Waals surface area contributed by atoms with Crippen molar-refractivity contribution < 1.29 is 9.59 Å². The Hall–Kier alpha value is -1.53. The minimum absolute atomic E-state index is 0.0258. The molecule has 1 N–H and O–H groups in total. The summed E-state index contributed by atoms with van der Waals surface area (Å²) in [6.07, 6.45) is 0. The van der Waals surface area contributed by atoms with Gasteiger partial charge in [-0.1, -0.05) is 30.3 Å². The lowest BCUT2D eigenvalue weighted by atomic mass is 10.0. The highest BCUT2D eigenvalue weighted by molar-refractivity contribution is 7.99. The van der Waals surface area contributed by atoms with E-state index in [2.05, 4.69) is 10.2 Å². The highest BCUT2D eigenvalue weighted by Gasteiger charge is 2.31. The first-order valence-corrected chi connectivity index (χ1v) is 9.86. The zero-order valence-corrected chi connectivity index (χ0v) is 16.4. The number of carbonyl (C=O) groups is 2. The number of thioether (sulfide) groups is 1. The van der Waals surface area contributed by atoms with Crippen LogP contribution in [0.15, 0.2) is 30.3 Å². The van der Waals surface area contributed by atoms with E-state index in [0.29, 0.717) is 0 Å². The van der Waals surface area contributed by atoms with Gasteiger partial charge in [-0.15, -0.1) is 0 Å². The second-order valence-electron chi connectivity index (χ2n) is 7.45. The number of amides is 2. The number of hydrogen-bond acceptors (Lipinski definition) is 4. The van der Waals surface area contributed by atoms with Crippen LogP contribution in [-0.4, -0.2) is 65.3 Å². The zero-order chi connectivity index (χ0) is 18.4. The molecule has 25 heavy (non-hydrogen) atoms. The van der Waals surface area contributed by atoms with Crippen LogP contribution in [0.4, 0.5) is 0 Å². The monoisotopic (exact) mass is 363 g/mol. The highest BCUT2D eigenvalue weighted by Crippen LogP contribution is 2.26. The minimum Gasteiger partial charge on any atom is -0.350 e. The van der Waals surface area contributed by atoms with Crippen molar-refractivity contribution in [3.8, 4) is 0 Å². The molecule has 0 radical (unpaired) electrons. The summed E-state index contributed by atoms with van der Waals surface area (Å²) in [6, 6.07) is 9.54. The Balaban J connectivity index is 2.13. The molecule has 2 amide bonds. The number of likely N-dealkylation sites (N-methyl/N-ethyl adjacent to an activating group) is 1. The Labute approximate surface area is 155 Å². The van der Waals surface area contributed by atoms with E-state index in [0.717, 1.165) is 30.2 Å². The Morgan fingerprint density at radius 2 is 1.80 bits per heavy atom. The molecule has 2 rings (SSSR count). The van der Waals surface area contributed by atoms with E-state index in [4.69, 9.17) is 0 Å². The van der Waals surface area contributed by atoms with Crippen molar-refractivity contribution in [2.45, 2.75) is 32.4 Å². The topological polar surface area (TPSA) is 52.7 Å². The van der Waals surface area contributed by atoms with Crippen molar-refractivity contribution in [1.29, 1.82) is 0 Å². The molecule has 6 heteroatoms. The maximum atomic E-state index is 13.1. The largest absolute Gasteiger partial charge is 0.350 e. The molecule has 5 nitrogen and oxygen atoms in total. The SMILES string of the molecule is CN(CC(=O)NC(C)(C)C)C(=O)C(c1ccccc1)N1CCSCC1. The average molecular weight is 364 g/mol. The fourth-order valence-corrected chi connectivity index (χ4v) is 3.87. The van der Waals surface area contributed by atoms with Gasteiger partial charge in [-0.25, -0.2) is 0 Å². The van der Waals surface area contributed by atoms with E-state index in [9.17, 15) is 9.59 Å². The first-order valence-electron chi connectivity index (χ1n) is 8.70. The molecule has 0 saturated carbocycles. The number of carbonyl (C=O) groups excluding carboxylic acids is 2. The van der Waals surface area contributed by atoms with E-state index in [1.165, 1.54) is 0 Å². The van der Waals surface area contributed by atoms with Gasteiger partial charge in [0, 0.05) is 37.2 Å². The number of nitrogens with zero attached hydrogens (tertiary/aromatic N) is 2. The summed E-state index contributed by atoms with van der Waals surface area (Å²) >= 11 is 1.92. The first kappa shape index (κ1) is 19.8. The molecule has 1 aromatic rings. The summed E-state index contributed by atoms with van der Waals surface area (Å²) in [6.45, 7) is 7.65. The lowest BCUT2D eigenvalue weighted by Crippen LogP contribution is -2.49. The predicted molar refractivity (Wildman–Crippen MR) is 104 cm³/mol. The molecule has 1 unspecified atom stereocenters. The van der Waals surface area contributed by atoms with E-state index in [1.54, 1.807) is 11.9 Å². The van der Waals surface area contributed by atoms with Gasteiger partial charge in [0.05, 0.1) is 6.54 Å². The van der Waals surface area contributed by atoms with Crippen LogP contribution in [0.2, 0.25) is 0 Å². The second-order valence-corrected chi connectivity index (χ2v) is 8.68. The molecule has 0 spiro atoms. The van der Waals surface area contributed by atoms with Crippen LogP contribution in [0.1, 0.15) is 32.4 Å². The van der Waals surface area contributed by atoms with Gasteiger partial charge < -0.3 is 10.2 Å². The molecule has 1 aliphatic rings. The van der Waals surface area contributed by atoms with Gasteiger partial charge in [0.15, 0.2) is 0 Å². The Bertz CT molecular complexity index is 580. The van der Waals surface area contributed by atoms with Crippen molar-refractivity contribution in [1.82, 2.24) is 15.1 Å². The van der Waals surface area contributed by atoms with E-state index in [-0.39, 0.29) is 29.9 Å². The molecular weight excluding hydrogens is 334 g/mol. The Morgan fingerprint density at radius 3 is 2.36 bits per heavy atom. The van der Waals surface area contributed by atoms with Gasteiger partial charge in [0.1, 0.15) is 6.04 Å². The summed E-state index contributed by atoms with van der Waals surface area (Å²) in [7, 11) is 1.71. The molecule has 1 heterocycles. The summed E-state index contributed by atoms with van der Waals surface area (Å²) < 4.78 is 0. The van der Waals surface area contributed by atoms with Gasteiger partial charge in [-0.2, -0.15) is 11.8 Å². The Kier molecular flexibility index (Phi) is 6.90. The van der Waals surface area contributed by atoms with Gasteiger partial charge in [0.2, 0.25) is 11.8 Å². The van der Waals surface area contributed by atoms with Crippen molar-refractivity contribution in [2.24, 2.45) is 0 Å². The van der Waals surface area contributed by atoms with Crippen LogP contribution in [0.3, 0.4) is 0 Å². The van der Waals surface area contributed by atoms with Gasteiger partial charge in [0.25, 0.3) is 0 Å². The first-order chi connectivity index (χ1) is 11.8. The lowest BCUT2D eigenvalue weighted by Gasteiger charge is -2.35. The molecule has 138 valence electrons. The minimum atomic E-state index is -0.325. The molecule has 1 aliphatic heterocycles. The number of benzene rings is 1. The number of nitrogens with one attached hydrogen (secondary N) is 1. The lowest BCUT2D eigenvalue weighted by molar-refractivity contribution is -0.139. The second kappa shape index (κ2) is 8.72. The fourth-order valence-electron chi connectivity index (χ4n) is 2.94. The fraction of sp³-hybridized carbons (Fsp3) is 0.579. The third kappa shape index (κ3) is 6.04. The molecular formula is C19H29N3O2S. The van der Waals surface area contributed by atoms with Crippen molar-refractivity contribution in [2.75, 3.05) is 38.2 Å². The molecule has 0 bridgehead atoms. The summed E-state index contributed by atoms with van der Waals surface area (Å²) in [5.74, 6) is 1.90. The van der Waals surface area contributed by atoms with Gasteiger partial charge in [-0.05, 0) is 26.3 Å². The highest BCUT2D eigenvalue weighted by atomic mass is 32.2. The van der Waals surface area contributed by atoms with E-state index < -0.39 is 0 Å². The zero-order valence-electron chi connectivity index (χ0n) is 15.6. The molecule has 0 aromatic heterocycles. The van der Waals surface area contributed by atoms with Crippen molar-refractivity contribution in [3.63, 3.8) is 0 Å². The molecule has 1 fully saturated rings. The predicted octanol–water partition coefficient (Wildman–Crippen LogP) is 2.15. The summed E-state index contributed by atoms with van der Waals surface area (Å²) in [5.41, 5.74) is 0.687. The summed E-state index contributed by atoms with van der Waals surface area (Å²) in [4.78, 5) is 29.1. The van der Waals surface area contributed by atoms with Crippen LogP contribution in [0, 0.1) is 0 Å². The van der Waals surface area contributed by atoms with Crippen molar-refractivity contribution >= 4 is 23.6 Å². The van der Waals surface area contributed by atoms with Crippen LogP contribution in [0.25, 0.3) is 0 Å². The van der Waals surface area contributed by atoms with Crippen LogP contribution in [0.5, 0.6) is 0 Å². The molecule has 1 atom stereocenters. The Morgan fingerprint density at radius 1 is 1.20 bits per heavy atom. The third-order valence-corrected chi connectivity index (χ3v) is 4.97. The van der Waals surface area contributed by atoms with E-state index >= 15 is 0 Å². The smallest absolute Gasteiger partial charge is 0.244 e. The van der Waals surface area contributed by atoms with E-state index in [1.807, 2.05) is 62.9 Å². The van der Waals surface area contributed by atoms with Gasteiger partial charge in [-0.3, -0.25) is 14.5 Å². The van der Waals surface area contributed by atoms with Crippen LogP contribution >= 0.6 is 11.8 Å². The number of rotatable bonds is 5. The third-order valence-electron chi connectivity index (χ3n) is 4.03.